The minimum absolute atomic E-state index is 0.0729. The Hall–Kier alpha value is -2.44. The number of rotatable bonds is 5. The van der Waals surface area contributed by atoms with Gasteiger partial charge in [0.25, 0.3) is 0 Å². The maximum atomic E-state index is 12.9. The van der Waals surface area contributed by atoms with Gasteiger partial charge in [0.2, 0.25) is 5.91 Å². The Morgan fingerprint density at radius 1 is 1.14 bits per heavy atom. The number of carbonyl (C=O) groups is 2. The summed E-state index contributed by atoms with van der Waals surface area (Å²) in [5, 5.41) is 6.08. The number of methoxy groups -OCH3 is 2. The first kappa shape index (κ1) is 20.3. The summed E-state index contributed by atoms with van der Waals surface area (Å²) in [6.07, 6.45) is 2.62. The summed E-state index contributed by atoms with van der Waals surface area (Å²) in [6, 6.07) is 3.52. The fourth-order valence-electron chi connectivity index (χ4n) is 3.57. The van der Waals surface area contributed by atoms with Gasteiger partial charge in [-0.2, -0.15) is 0 Å². The molecule has 0 bridgehead atoms. The molecular formula is C21H31N3O4. The Bertz CT molecular complexity index is 753. The summed E-state index contributed by atoms with van der Waals surface area (Å²) in [6.45, 7) is 6.84. The van der Waals surface area contributed by atoms with Crippen LogP contribution in [-0.4, -0.2) is 49.7 Å². The van der Waals surface area contributed by atoms with Crippen molar-refractivity contribution in [3.63, 3.8) is 0 Å². The number of fused-ring (bicyclic) bond motifs is 1. The number of amides is 3. The van der Waals surface area contributed by atoms with Crippen molar-refractivity contribution in [2.75, 3.05) is 27.3 Å². The lowest BCUT2D eigenvalue weighted by atomic mass is 9.91. The molecule has 1 aromatic rings. The highest BCUT2D eigenvalue weighted by molar-refractivity contribution is 5.81. The average Bonchev–Trinajstić information content (AvgIpc) is 3.48. The minimum atomic E-state index is -0.337. The fourth-order valence-corrected chi connectivity index (χ4v) is 3.57. The normalized spacial score (nSPS) is 18.9. The van der Waals surface area contributed by atoms with Gasteiger partial charge < -0.3 is 25.0 Å². The van der Waals surface area contributed by atoms with E-state index in [-0.39, 0.29) is 29.4 Å². The van der Waals surface area contributed by atoms with Crippen LogP contribution >= 0.6 is 0 Å². The highest BCUT2D eigenvalue weighted by Gasteiger charge is 2.35. The summed E-state index contributed by atoms with van der Waals surface area (Å²) >= 11 is 0. The average molecular weight is 389 g/mol. The minimum Gasteiger partial charge on any atom is -0.493 e. The van der Waals surface area contributed by atoms with Crippen LogP contribution < -0.4 is 20.1 Å². The number of carbonyl (C=O) groups excluding carboxylic acids is 2. The van der Waals surface area contributed by atoms with Crippen molar-refractivity contribution in [3.05, 3.63) is 23.3 Å². The number of hydrogen-bond donors (Lipinski definition) is 2. The highest BCUT2D eigenvalue weighted by atomic mass is 16.5. The smallest absolute Gasteiger partial charge is 0.318 e. The molecule has 1 fully saturated rings. The molecule has 154 valence electrons. The SMILES string of the molecule is COc1cc2c(cc1OC)[C@H](CNC(=O)C1CC1)N(C(=O)NC(C)(C)C)CC2. The molecule has 0 spiro atoms. The Kier molecular flexibility index (Phi) is 5.72. The second kappa shape index (κ2) is 7.89. The first-order chi connectivity index (χ1) is 13.2. The van der Waals surface area contributed by atoms with E-state index < -0.39 is 0 Å². The lowest BCUT2D eigenvalue weighted by Gasteiger charge is -2.39. The van der Waals surface area contributed by atoms with Crippen LogP contribution in [-0.2, 0) is 11.2 Å². The maximum absolute atomic E-state index is 12.9. The number of nitrogens with zero attached hydrogens (tertiary/aromatic N) is 1. The van der Waals surface area contributed by atoms with Crippen LogP contribution in [0.15, 0.2) is 12.1 Å². The summed E-state index contributed by atoms with van der Waals surface area (Å²) in [5.74, 6) is 1.50. The Balaban J connectivity index is 1.90. The van der Waals surface area contributed by atoms with Crippen LogP contribution in [0.25, 0.3) is 0 Å². The van der Waals surface area contributed by atoms with Crippen molar-refractivity contribution in [3.8, 4) is 11.5 Å². The molecule has 7 heteroatoms. The van der Waals surface area contributed by atoms with E-state index in [2.05, 4.69) is 10.6 Å². The summed E-state index contributed by atoms with van der Waals surface area (Å²) in [7, 11) is 3.21. The number of ether oxygens (including phenoxy) is 2. The van der Waals surface area contributed by atoms with Crippen molar-refractivity contribution >= 4 is 11.9 Å². The molecule has 0 aromatic heterocycles. The van der Waals surface area contributed by atoms with Crippen LogP contribution in [0.1, 0.15) is 50.8 Å². The zero-order valence-corrected chi connectivity index (χ0v) is 17.4. The summed E-state index contributed by atoms with van der Waals surface area (Å²) in [4.78, 5) is 27.0. The molecule has 0 saturated heterocycles. The lowest BCUT2D eigenvalue weighted by Crippen LogP contribution is -2.53. The molecule has 1 saturated carbocycles. The monoisotopic (exact) mass is 389 g/mol. The van der Waals surface area contributed by atoms with Gasteiger partial charge in [0, 0.05) is 24.5 Å². The second-order valence-corrected chi connectivity index (χ2v) is 8.56. The largest absolute Gasteiger partial charge is 0.493 e. The van der Waals surface area contributed by atoms with E-state index >= 15 is 0 Å². The number of benzene rings is 1. The third-order valence-corrected chi connectivity index (χ3v) is 5.16. The molecule has 2 N–H and O–H groups in total. The third-order valence-electron chi connectivity index (χ3n) is 5.16. The molecule has 7 nitrogen and oxygen atoms in total. The Morgan fingerprint density at radius 2 is 1.79 bits per heavy atom. The van der Waals surface area contributed by atoms with Crippen LogP contribution in [0.5, 0.6) is 11.5 Å². The quantitative estimate of drug-likeness (QED) is 0.811. The van der Waals surface area contributed by atoms with E-state index in [0.717, 1.165) is 30.4 Å². The van der Waals surface area contributed by atoms with Gasteiger partial charge in [0.15, 0.2) is 11.5 Å². The molecule has 1 aromatic carbocycles. The van der Waals surface area contributed by atoms with Crippen LogP contribution in [0, 0.1) is 5.92 Å². The van der Waals surface area contributed by atoms with Gasteiger partial charge >= 0.3 is 6.03 Å². The van der Waals surface area contributed by atoms with Crippen molar-refractivity contribution in [1.29, 1.82) is 0 Å². The van der Waals surface area contributed by atoms with E-state index in [9.17, 15) is 9.59 Å². The number of hydrogen-bond acceptors (Lipinski definition) is 4. The van der Waals surface area contributed by atoms with Gasteiger partial charge in [-0.15, -0.1) is 0 Å². The molecule has 28 heavy (non-hydrogen) atoms. The predicted octanol–water partition coefficient (Wildman–Crippen LogP) is 2.64. The molecule has 0 radical (unpaired) electrons. The molecule has 1 heterocycles. The van der Waals surface area contributed by atoms with Gasteiger partial charge in [-0.1, -0.05) is 0 Å². The molecule has 1 aliphatic heterocycles. The van der Waals surface area contributed by atoms with Crippen molar-refractivity contribution < 1.29 is 19.1 Å². The topological polar surface area (TPSA) is 79.9 Å². The highest BCUT2D eigenvalue weighted by Crippen LogP contribution is 2.38. The first-order valence-electron chi connectivity index (χ1n) is 9.84. The Labute approximate surface area is 166 Å². The fraction of sp³-hybridized carbons (Fsp3) is 0.619. The molecule has 2 aliphatic rings. The standard InChI is InChI=1S/C21H31N3O4/c1-21(2,3)23-20(26)24-9-8-14-10-17(27-4)18(28-5)11-15(14)16(24)12-22-19(25)13-6-7-13/h10-11,13,16H,6-9,12H2,1-5H3,(H,22,25)(H,23,26)/t16-/m0/s1. The number of nitrogens with one attached hydrogen (secondary N) is 2. The summed E-state index contributed by atoms with van der Waals surface area (Å²) < 4.78 is 10.9. The van der Waals surface area contributed by atoms with Gasteiger partial charge in [0.05, 0.1) is 20.3 Å². The van der Waals surface area contributed by atoms with E-state index in [1.54, 1.807) is 14.2 Å². The van der Waals surface area contributed by atoms with Crippen LogP contribution in [0.2, 0.25) is 0 Å². The Morgan fingerprint density at radius 3 is 2.36 bits per heavy atom. The van der Waals surface area contributed by atoms with Crippen LogP contribution in [0.4, 0.5) is 4.79 Å². The molecule has 3 rings (SSSR count). The zero-order valence-electron chi connectivity index (χ0n) is 17.4. The summed E-state index contributed by atoms with van der Waals surface area (Å²) in [5.41, 5.74) is 1.77. The second-order valence-electron chi connectivity index (χ2n) is 8.56. The van der Waals surface area contributed by atoms with Crippen LogP contribution in [0.3, 0.4) is 0 Å². The van der Waals surface area contributed by atoms with Gasteiger partial charge in [-0.25, -0.2) is 4.79 Å². The van der Waals surface area contributed by atoms with Crippen molar-refractivity contribution in [1.82, 2.24) is 15.5 Å². The van der Waals surface area contributed by atoms with E-state index in [1.165, 1.54) is 0 Å². The van der Waals surface area contributed by atoms with E-state index in [4.69, 9.17) is 9.47 Å². The first-order valence-corrected chi connectivity index (χ1v) is 9.84. The lowest BCUT2D eigenvalue weighted by molar-refractivity contribution is -0.122. The molecular weight excluding hydrogens is 358 g/mol. The molecule has 3 amide bonds. The van der Waals surface area contributed by atoms with Crippen molar-refractivity contribution in [2.24, 2.45) is 5.92 Å². The van der Waals surface area contributed by atoms with Gasteiger partial charge in [-0.05, 0) is 63.3 Å². The van der Waals surface area contributed by atoms with Crippen molar-refractivity contribution in [2.45, 2.75) is 51.6 Å². The zero-order chi connectivity index (χ0) is 20.5. The third kappa shape index (κ3) is 4.51. The number of urea groups is 1. The predicted molar refractivity (Wildman–Crippen MR) is 107 cm³/mol. The molecule has 0 unspecified atom stereocenters. The van der Waals surface area contributed by atoms with E-state index in [0.29, 0.717) is 24.6 Å². The maximum Gasteiger partial charge on any atom is 0.318 e. The molecule has 1 atom stereocenters. The molecule has 1 aliphatic carbocycles. The van der Waals surface area contributed by atoms with Gasteiger partial charge in [-0.3, -0.25) is 4.79 Å². The van der Waals surface area contributed by atoms with E-state index in [1.807, 2.05) is 37.8 Å². The van der Waals surface area contributed by atoms with Gasteiger partial charge in [0.1, 0.15) is 0 Å².